The molecule has 0 aliphatic carbocycles. The Labute approximate surface area is 178 Å². The fraction of sp³-hybridized carbons (Fsp3) is 0.286. The molecule has 0 saturated carbocycles. The van der Waals surface area contributed by atoms with Gasteiger partial charge in [-0.1, -0.05) is 48.3 Å². The number of hydrogen-bond donors (Lipinski definition) is 1. The molecule has 0 bridgehead atoms. The lowest BCUT2D eigenvalue weighted by Gasteiger charge is -2.17. The normalized spacial score (nSPS) is 16.0. The van der Waals surface area contributed by atoms with Gasteiger partial charge in [0.25, 0.3) is 5.91 Å². The van der Waals surface area contributed by atoms with Crippen LogP contribution in [-0.4, -0.2) is 30.9 Å². The summed E-state index contributed by atoms with van der Waals surface area (Å²) in [7, 11) is 0. The van der Waals surface area contributed by atoms with Gasteiger partial charge < -0.3 is 15.0 Å². The number of amides is 2. The molecule has 8 heteroatoms. The highest BCUT2D eigenvalue weighted by Gasteiger charge is 2.36. The molecule has 1 aliphatic heterocycles. The van der Waals surface area contributed by atoms with Crippen LogP contribution in [0.4, 0.5) is 11.4 Å². The molecule has 1 N–H and O–H groups in total. The molecule has 1 heterocycles. The lowest BCUT2D eigenvalue weighted by Crippen LogP contribution is -2.28. The van der Waals surface area contributed by atoms with Crippen LogP contribution in [0.15, 0.2) is 42.5 Å². The monoisotopic (exact) mass is 434 g/mol. The van der Waals surface area contributed by atoms with Gasteiger partial charge in [-0.3, -0.25) is 14.4 Å². The van der Waals surface area contributed by atoms with Crippen LogP contribution in [-0.2, 0) is 25.5 Å². The highest BCUT2D eigenvalue weighted by Crippen LogP contribution is 2.29. The number of anilines is 2. The van der Waals surface area contributed by atoms with Gasteiger partial charge in [0.1, 0.15) is 0 Å². The Morgan fingerprint density at radius 2 is 1.90 bits per heavy atom. The summed E-state index contributed by atoms with van der Waals surface area (Å²) in [5.74, 6) is -1.89. The first-order valence-electron chi connectivity index (χ1n) is 9.18. The number of benzene rings is 2. The van der Waals surface area contributed by atoms with E-state index in [9.17, 15) is 14.4 Å². The maximum absolute atomic E-state index is 12.3. The molecule has 1 fully saturated rings. The third-order valence-corrected chi connectivity index (χ3v) is 5.50. The minimum atomic E-state index is -0.615. The predicted octanol–water partition coefficient (Wildman–Crippen LogP) is 4.09. The zero-order chi connectivity index (χ0) is 21.0. The maximum Gasteiger partial charge on any atom is 0.311 e. The molecule has 0 aromatic heterocycles. The summed E-state index contributed by atoms with van der Waals surface area (Å²) in [6.45, 7) is 1.81. The number of carbonyl (C=O) groups excluding carboxylic acids is 3. The Hall–Kier alpha value is -2.57. The smallest absolute Gasteiger partial charge is 0.311 e. The molecule has 0 radical (unpaired) electrons. The zero-order valence-corrected chi connectivity index (χ0v) is 17.3. The summed E-state index contributed by atoms with van der Waals surface area (Å²) < 4.78 is 5.09. The molecular formula is C21H20Cl2N2O4. The largest absolute Gasteiger partial charge is 0.455 e. The number of ether oxygens (including phenoxy) is 1. The van der Waals surface area contributed by atoms with Gasteiger partial charge in [0.15, 0.2) is 6.61 Å². The van der Waals surface area contributed by atoms with Crippen LogP contribution in [0.2, 0.25) is 10.0 Å². The number of nitrogens with one attached hydrogen (secondary N) is 1. The topological polar surface area (TPSA) is 75.7 Å². The van der Waals surface area contributed by atoms with Crippen molar-refractivity contribution in [3.63, 3.8) is 0 Å². The van der Waals surface area contributed by atoms with Crippen molar-refractivity contribution < 1.29 is 19.1 Å². The maximum atomic E-state index is 12.3. The van der Waals surface area contributed by atoms with Crippen molar-refractivity contribution in [1.82, 2.24) is 0 Å². The van der Waals surface area contributed by atoms with Gasteiger partial charge in [0, 0.05) is 18.7 Å². The fourth-order valence-corrected chi connectivity index (χ4v) is 3.42. The van der Waals surface area contributed by atoms with Gasteiger partial charge in [0.05, 0.1) is 21.7 Å². The van der Waals surface area contributed by atoms with E-state index in [2.05, 4.69) is 12.2 Å². The highest BCUT2D eigenvalue weighted by molar-refractivity contribution is 6.44. The van der Waals surface area contributed by atoms with Gasteiger partial charge >= 0.3 is 5.97 Å². The Balaban J connectivity index is 1.53. The molecule has 2 aromatic rings. The number of nitrogens with zero attached hydrogens (tertiary/aromatic N) is 1. The molecule has 0 unspecified atom stereocenters. The van der Waals surface area contributed by atoms with Crippen molar-refractivity contribution >= 4 is 52.4 Å². The molecule has 1 atom stereocenters. The van der Waals surface area contributed by atoms with Gasteiger partial charge in [-0.15, -0.1) is 0 Å². The fourth-order valence-electron chi connectivity index (χ4n) is 3.07. The van der Waals surface area contributed by atoms with E-state index in [1.165, 1.54) is 5.56 Å². The van der Waals surface area contributed by atoms with E-state index in [1.54, 1.807) is 23.1 Å². The summed E-state index contributed by atoms with van der Waals surface area (Å²) >= 11 is 11.9. The number of esters is 1. The molecular weight excluding hydrogens is 415 g/mol. The minimum absolute atomic E-state index is 0.0517. The molecule has 2 aromatic carbocycles. The molecule has 152 valence electrons. The van der Waals surface area contributed by atoms with E-state index in [0.29, 0.717) is 10.7 Å². The van der Waals surface area contributed by atoms with Crippen LogP contribution in [0.5, 0.6) is 0 Å². The molecule has 3 rings (SSSR count). The van der Waals surface area contributed by atoms with Crippen molar-refractivity contribution in [2.75, 3.05) is 23.4 Å². The summed E-state index contributed by atoms with van der Waals surface area (Å²) in [5.41, 5.74) is 2.25. The van der Waals surface area contributed by atoms with Crippen molar-refractivity contribution in [1.29, 1.82) is 0 Å². The number of rotatable bonds is 6. The molecule has 6 nitrogen and oxygen atoms in total. The molecule has 1 aliphatic rings. The van der Waals surface area contributed by atoms with Crippen molar-refractivity contribution in [2.45, 2.75) is 19.8 Å². The van der Waals surface area contributed by atoms with E-state index in [1.807, 2.05) is 24.3 Å². The third-order valence-electron chi connectivity index (χ3n) is 4.69. The standard InChI is InChI=1S/C21H20Cl2N2O4/c1-2-13-6-8-15(9-7-13)25-11-14(10-19(25)27)21(28)29-12-18(26)24-17-5-3-4-16(22)20(17)23/h3-9,14H,2,10-12H2,1H3,(H,24,26)/t14-/m0/s1. The first kappa shape index (κ1) is 21.1. The predicted molar refractivity (Wildman–Crippen MR) is 112 cm³/mol. The van der Waals surface area contributed by atoms with Crippen molar-refractivity contribution in [3.8, 4) is 0 Å². The summed E-state index contributed by atoms with van der Waals surface area (Å²) in [6.07, 6.45) is 0.960. The van der Waals surface area contributed by atoms with E-state index in [4.69, 9.17) is 27.9 Å². The van der Waals surface area contributed by atoms with E-state index < -0.39 is 24.4 Å². The lowest BCUT2D eigenvalue weighted by molar-refractivity contribution is -0.151. The van der Waals surface area contributed by atoms with Crippen LogP contribution in [0.25, 0.3) is 0 Å². The Morgan fingerprint density at radius 1 is 1.17 bits per heavy atom. The molecule has 29 heavy (non-hydrogen) atoms. The molecule has 1 saturated heterocycles. The Morgan fingerprint density at radius 3 is 2.59 bits per heavy atom. The van der Waals surface area contributed by atoms with Gasteiger partial charge in [-0.05, 0) is 36.2 Å². The summed E-state index contributed by atoms with van der Waals surface area (Å²) in [4.78, 5) is 38.2. The van der Waals surface area contributed by atoms with Crippen molar-refractivity contribution in [3.05, 3.63) is 58.1 Å². The molecule has 0 spiro atoms. The van der Waals surface area contributed by atoms with Gasteiger partial charge in [-0.2, -0.15) is 0 Å². The van der Waals surface area contributed by atoms with Crippen LogP contribution < -0.4 is 10.2 Å². The van der Waals surface area contributed by atoms with E-state index >= 15 is 0 Å². The number of hydrogen-bond acceptors (Lipinski definition) is 4. The number of halogens is 2. The third kappa shape index (κ3) is 5.08. The SMILES string of the molecule is CCc1ccc(N2C[C@@H](C(=O)OCC(=O)Nc3cccc(Cl)c3Cl)CC2=O)cc1. The second-order valence-corrected chi connectivity index (χ2v) is 7.47. The average molecular weight is 435 g/mol. The van der Waals surface area contributed by atoms with Gasteiger partial charge in [0.2, 0.25) is 5.91 Å². The molecule has 2 amide bonds. The van der Waals surface area contributed by atoms with Crippen molar-refractivity contribution in [2.24, 2.45) is 5.92 Å². The van der Waals surface area contributed by atoms with Gasteiger partial charge in [-0.25, -0.2) is 0 Å². The van der Waals surface area contributed by atoms with Crippen LogP contribution in [0.3, 0.4) is 0 Å². The van der Waals surface area contributed by atoms with E-state index in [-0.39, 0.29) is 23.9 Å². The highest BCUT2D eigenvalue weighted by atomic mass is 35.5. The summed E-state index contributed by atoms with van der Waals surface area (Å²) in [6, 6.07) is 12.5. The summed E-state index contributed by atoms with van der Waals surface area (Å²) in [5, 5.41) is 3.05. The first-order valence-corrected chi connectivity index (χ1v) is 9.94. The van der Waals surface area contributed by atoms with E-state index in [0.717, 1.165) is 12.1 Å². The number of aryl methyl sites for hydroxylation is 1. The Kier molecular flexibility index (Phi) is 6.77. The van der Waals surface area contributed by atoms with Crippen LogP contribution >= 0.6 is 23.2 Å². The minimum Gasteiger partial charge on any atom is -0.455 e. The average Bonchev–Trinajstić information content (AvgIpc) is 3.11. The van der Waals surface area contributed by atoms with Crippen LogP contribution in [0.1, 0.15) is 18.9 Å². The second-order valence-electron chi connectivity index (χ2n) is 6.68. The first-order chi connectivity index (χ1) is 13.9. The lowest BCUT2D eigenvalue weighted by atomic mass is 10.1. The Bertz CT molecular complexity index is 931. The second kappa shape index (κ2) is 9.29. The zero-order valence-electron chi connectivity index (χ0n) is 15.8. The quantitative estimate of drug-likeness (QED) is 0.694. The number of carbonyl (C=O) groups is 3. The van der Waals surface area contributed by atoms with Crippen LogP contribution in [0, 0.1) is 5.92 Å².